The van der Waals surface area contributed by atoms with Crippen molar-refractivity contribution in [2.45, 2.75) is 43.1 Å². The second kappa shape index (κ2) is 12.6. The maximum Gasteiger partial charge on any atom is 0.0768 e. The van der Waals surface area contributed by atoms with E-state index in [0.717, 1.165) is 9.79 Å². The van der Waals surface area contributed by atoms with E-state index in [-0.39, 0.29) is 6.61 Å². The molecule has 0 fully saturated rings. The SMILES string of the molecule is CCC(O)CO.Cc1ccc(S)cc1.Cc1ccc(S)cc1. The third-order valence-electron chi connectivity index (χ3n) is 2.75. The van der Waals surface area contributed by atoms with Crippen LogP contribution in [0.4, 0.5) is 0 Å². The van der Waals surface area contributed by atoms with Gasteiger partial charge in [-0.15, -0.1) is 25.3 Å². The quantitative estimate of drug-likeness (QED) is 0.616. The van der Waals surface area contributed by atoms with E-state index < -0.39 is 6.10 Å². The van der Waals surface area contributed by atoms with E-state index in [1.807, 2.05) is 55.5 Å². The Morgan fingerprint density at radius 1 is 0.818 bits per heavy atom. The number of benzene rings is 2. The number of aliphatic hydroxyl groups is 2. The van der Waals surface area contributed by atoms with Gasteiger partial charge >= 0.3 is 0 Å². The Morgan fingerprint density at radius 2 is 1.14 bits per heavy atom. The van der Waals surface area contributed by atoms with Crippen LogP contribution in [0.15, 0.2) is 58.3 Å². The third kappa shape index (κ3) is 11.7. The predicted molar refractivity (Wildman–Crippen MR) is 100 cm³/mol. The van der Waals surface area contributed by atoms with Crippen molar-refractivity contribution >= 4 is 25.3 Å². The summed E-state index contributed by atoms with van der Waals surface area (Å²) in [5.74, 6) is 0. The normalized spacial score (nSPS) is 10.7. The van der Waals surface area contributed by atoms with Gasteiger partial charge in [-0.2, -0.15) is 0 Å². The molecule has 0 amide bonds. The first kappa shape index (κ1) is 21.1. The van der Waals surface area contributed by atoms with Crippen molar-refractivity contribution in [3.8, 4) is 0 Å². The molecule has 0 heterocycles. The Balaban J connectivity index is 0.000000306. The molecule has 22 heavy (non-hydrogen) atoms. The van der Waals surface area contributed by atoms with E-state index >= 15 is 0 Å². The van der Waals surface area contributed by atoms with Crippen LogP contribution in [0.25, 0.3) is 0 Å². The molecule has 2 rings (SSSR count). The van der Waals surface area contributed by atoms with Gasteiger partial charge in [0, 0.05) is 9.79 Å². The monoisotopic (exact) mass is 338 g/mol. The summed E-state index contributed by atoms with van der Waals surface area (Å²) in [6.45, 7) is 5.83. The van der Waals surface area contributed by atoms with Crippen molar-refractivity contribution in [2.75, 3.05) is 6.61 Å². The summed E-state index contributed by atoms with van der Waals surface area (Å²) >= 11 is 8.26. The minimum absolute atomic E-state index is 0.115. The molecule has 2 aromatic rings. The van der Waals surface area contributed by atoms with Gasteiger partial charge in [0.15, 0.2) is 0 Å². The summed E-state index contributed by atoms with van der Waals surface area (Å²) in [5.41, 5.74) is 2.56. The molecule has 1 atom stereocenters. The van der Waals surface area contributed by atoms with Crippen LogP contribution in [-0.2, 0) is 0 Å². The van der Waals surface area contributed by atoms with Crippen LogP contribution in [0.5, 0.6) is 0 Å². The molecule has 0 aliphatic heterocycles. The lowest BCUT2D eigenvalue weighted by Crippen LogP contribution is -2.08. The minimum atomic E-state index is -0.509. The number of rotatable bonds is 2. The molecule has 0 aliphatic rings. The van der Waals surface area contributed by atoms with Crippen molar-refractivity contribution in [3.05, 3.63) is 59.7 Å². The van der Waals surface area contributed by atoms with Crippen LogP contribution in [0, 0.1) is 13.8 Å². The summed E-state index contributed by atoms with van der Waals surface area (Å²) in [6, 6.07) is 16.1. The second-order valence-electron chi connectivity index (χ2n) is 4.92. The van der Waals surface area contributed by atoms with Gasteiger partial charge in [0.25, 0.3) is 0 Å². The van der Waals surface area contributed by atoms with E-state index in [0.29, 0.717) is 6.42 Å². The molecule has 122 valence electrons. The molecule has 0 aliphatic carbocycles. The lowest BCUT2D eigenvalue weighted by Gasteiger charge is -1.97. The third-order valence-corrected chi connectivity index (χ3v) is 3.35. The first-order chi connectivity index (χ1) is 10.4. The van der Waals surface area contributed by atoms with Gasteiger partial charge < -0.3 is 10.2 Å². The highest BCUT2D eigenvalue weighted by Gasteiger charge is 1.92. The Labute approximate surface area is 145 Å². The maximum absolute atomic E-state index is 8.42. The molecule has 0 radical (unpaired) electrons. The molecule has 0 bridgehead atoms. The average Bonchev–Trinajstić information content (AvgIpc) is 2.53. The molecule has 4 heteroatoms. The maximum atomic E-state index is 8.42. The van der Waals surface area contributed by atoms with Crippen LogP contribution in [0.3, 0.4) is 0 Å². The number of hydrogen-bond donors (Lipinski definition) is 4. The average molecular weight is 339 g/mol. The van der Waals surface area contributed by atoms with Crippen LogP contribution in [0.1, 0.15) is 24.5 Å². The van der Waals surface area contributed by atoms with E-state index in [1.54, 1.807) is 0 Å². The van der Waals surface area contributed by atoms with Crippen molar-refractivity contribution < 1.29 is 10.2 Å². The summed E-state index contributed by atoms with van der Waals surface area (Å²) in [4.78, 5) is 2.05. The van der Waals surface area contributed by atoms with Crippen molar-refractivity contribution in [1.82, 2.24) is 0 Å². The summed E-state index contributed by atoms with van der Waals surface area (Å²) in [5, 5.41) is 16.5. The predicted octanol–water partition coefficient (Wildman–Crippen LogP) is 4.32. The molecule has 0 saturated carbocycles. The fourth-order valence-corrected chi connectivity index (χ4v) is 1.52. The Bertz CT molecular complexity index is 406. The standard InChI is InChI=1S/2C7H8S.C4H10O2/c2*1-6-2-4-7(8)5-3-6;1-2-4(6)3-5/h2*2-5,8H,1H3;4-6H,2-3H2,1H3. The lowest BCUT2D eigenvalue weighted by atomic mass is 10.2. The summed E-state index contributed by atoms with van der Waals surface area (Å²) in [7, 11) is 0. The van der Waals surface area contributed by atoms with Crippen LogP contribution < -0.4 is 0 Å². The highest BCUT2D eigenvalue weighted by atomic mass is 32.1. The topological polar surface area (TPSA) is 40.5 Å². The van der Waals surface area contributed by atoms with Crippen LogP contribution >= 0.6 is 25.3 Å². The Hall–Kier alpha value is -0.940. The summed E-state index contributed by atoms with van der Waals surface area (Å²) < 4.78 is 0. The van der Waals surface area contributed by atoms with Crippen LogP contribution in [-0.4, -0.2) is 22.9 Å². The van der Waals surface area contributed by atoms with E-state index in [1.165, 1.54) is 11.1 Å². The van der Waals surface area contributed by atoms with Gasteiger partial charge in [-0.1, -0.05) is 42.3 Å². The lowest BCUT2D eigenvalue weighted by molar-refractivity contribution is 0.0923. The van der Waals surface area contributed by atoms with Crippen molar-refractivity contribution in [1.29, 1.82) is 0 Å². The fraction of sp³-hybridized carbons (Fsp3) is 0.333. The number of thiol groups is 2. The van der Waals surface area contributed by atoms with E-state index in [4.69, 9.17) is 10.2 Å². The van der Waals surface area contributed by atoms with Gasteiger partial charge in [0.05, 0.1) is 12.7 Å². The zero-order valence-electron chi connectivity index (χ0n) is 13.4. The van der Waals surface area contributed by atoms with E-state index in [2.05, 4.69) is 39.1 Å². The molecule has 1 unspecified atom stereocenters. The van der Waals surface area contributed by atoms with E-state index in [9.17, 15) is 0 Å². The van der Waals surface area contributed by atoms with Crippen molar-refractivity contribution in [2.24, 2.45) is 0 Å². The first-order valence-corrected chi connectivity index (χ1v) is 8.08. The number of hydrogen-bond acceptors (Lipinski definition) is 4. The number of aliphatic hydroxyl groups excluding tert-OH is 2. The molecule has 2 N–H and O–H groups in total. The van der Waals surface area contributed by atoms with Crippen molar-refractivity contribution in [3.63, 3.8) is 0 Å². The largest absolute Gasteiger partial charge is 0.394 e. The van der Waals surface area contributed by atoms with Gasteiger partial charge in [0.2, 0.25) is 0 Å². The molecular weight excluding hydrogens is 312 g/mol. The zero-order chi connectivity index (χ0) is 17.0. The smallest absolute Gasteiger partial charge is 0.0768 e. The van der Waals surface area contributed by atoms with Gasteiger partial charge in [-0.05, 0) is 44.5 Å². The Morgan fingerprint density at radius 3 is 1.27 bits per heavy atom. The molecular formula is C18H26O2S2. The first-order valence-electron chi connectivity index (χ1n) is 7.19. The van der Waals surface area contributed by atoms with Gasteiger partial charge in [0.1, 0.15) is 0 Å². The van der Waals surface area contributed by atoms with Crippen LogP contribution in [0.2, 0.25) is 0 Å². The molecule has 0 spiro atoms. The van der Waals surface area contributed by atoms with Gasteiger partial charge in [-0.25, -0.2) is 0 Å². The fourth-order valence-electron chi connectivity index (χ4n) is 1.22. The Kier molecular flexibility index (Phi) is 12.1. The second-order valence-corrected chi connectivity index (χ2v) is 5.95. The van der Waals surface area contributed by atoms with Gasteiger partial charge in [-0.3, -0.25) is 0 Å². The highest BCUT2D eigenvalue weighted by molar-refractivity contribution is 7.80. The molecule has 0 saturated heterocycles. The molecule has 2 nitrogen and oxygen atoms in total. The minimum Gasteiger partial charge on any atom is -0.394 e. The zero-order valence-corrected chi connectivity index (χ0v) is 15.2. The number of aryl methyl sites for hydroxylation is 2. The highest BCUT2D eigenvalue weighted by Crippen LogP contribution is 2.06. The molecule has 2 aromatic carbocycles. The molecule has 0 aromatic heterocycles. The summed E-state index contributed by atoms with van der Waals surface area (Å²) in [6.07, 6.45) is 0.126.